The minimum absolute atomic E-state index is 0.309. The van der Waals surface area contributed by atoms with Crippen molar-refractivity contribution in [2.45, 2.75) is 9.37 Å². The number of benzene rings is 1. The Morgan fingerprint density at radius 3 is 2.85 bits per heavy atom. The lowest BCUT2D eigenvalue weighted by molar-refractivity contribution is 1.12. The Morgan fingerprint density at radius 1 is 1.05 bits per heavy atom. The van der Waals surface area contributed by atoms with Gasteiger partial charge in [0.1, 0.15) is 9.86 Å². The number of para-hydroxylation sites is 1. The summed E-state index contributed by atoms with van der Waals surface area (Å²) in [6.07, 6.45) is 0. The number of thiophene rings is 1. The molecule has 0 atom stereocenters. The van der Waals surface area contributed by atoms with E-state index in [1.54, 1.807) is 34.4 Å². The van der Waals surface area contributed by atoms with Crippen molar-refractivity contribution in [3.63, 3.8) is 0 Å². The fraction of sp³-hybridized carbons (Fsp3) is 0. The molecule has 4 aromatic rings. The van der Waals surface area contributed by atoms with Crippen LogP contribution in [0.15, 0.2) is 45.1 Å². The summed E-state index contributed by atoms with van der Waals surface area (Å²) in [6.45, 7) is 0. The molecule has 2 N–H and O–H groups in total. The van der Waals surface area contributed by atoms with Crippen LogP contribution in [0.1, 0.15) is 0 Å². The molecule has 0 spiro atoms. The van der Waals surface area contributed by atoms with Gasteiger partial charge in [0.2, 0.25) is 5.95 Å². The van der Waals surface area contributed by atoms with E-state index in [1.807, 2.05) is 29.6 Å². The molecule has 0 aliphatic carbocycles. The number of aromatic nitrogens is 3. The molecule has 0 unspecified atom stereocenters. The minimum Gasteiger partial charge on any atom is -0.368 e. The first-order valence-electron chi connectivity index (χ1n) is 5.84. The Balaban J connectivity index is 1.81. The van der Waals surface area contributed by atoms with Gasteiger partial charge in [-0.2, -0.15) is 0 Å². The molecule has 98 valence electrons. The lowest BCUT2D eigenvalue weighted by atomic mass is 10.3. The maximum Gasteiger partial charge on any atom is 0.222 e. The van der Waals surface area contributed by atoms with E-state index in [1.165, 1.54) is 4.70 Å². The van der Waals surface area contributed by atoms with Crippen LogP contribution in [-0.2, 0) is 0 Å². The van der Waals surface area contributed by atoms with Crippen LogP contribution in [-0.4, -0.2) is 15.0 Å². The van der Waals surface area contributed by atoms with Crippen molar-refractivity contribution in [1.82, 2.24) is 15.0 Å². The number of nitrogen functional groups attached to an aromatic ring is 1. The van der Waals surface area contributed by atoms with E-state index in [9.17, 15) is 0 Å². The molecule has 20 heavy (non-hydrogen) atoms. The monoisotopic (exact) mass is 316 g/mol. The summed E-state index contributed by atoms with van der Waals surface area (Å²) >= 11 is 4.78. The number of anilines is 1. The third-order valence-electron chi connectivity index (χ3n) is 2.77. The second kappa shape index (κ2) is 4.69. The maximum absolute atomic E-state index is 5.77. The summed E-state index contributed by atoms with van der Waals surface area (Å²) in [4.78, 5) is 14.1. The third kappa shape index (κ3) is 2.04. The maximum atomic E-state index is 5.77. The van der Waals surface area contributed by atoms with Gasteiger partial charge in [-0.05, 0) is 35.3 Å². The van der Waals surface area contributed by atoms with Crippen molar-refractivity contribution in [3.05, 3.63) is 35.7 Å². The van der Waals surface area contributed by atoms with Gasteiger partial charge < -0.3 is 5.73 Å². The van der Waals surface area contributed by atoms with Crippen LogP contribution in [0.4, 0.5) is 5.95 Å². The van der Waals surface area contributed by atoms with Crippen LogP contribution in [0.5, 0.6) is 0 Å². The Hall–Kier alpha value is -1.70. The topological polar surface area (TPSA) is 64.7 Å². The first-order valence-corrected chi connectivity index (χ1v) is 8.35. The summed E-state index contributed by atoms with van der Waals surface area (Å²) in [7, 11) is 0. The normalized spacial score (nSPS) is 11.4. The van der Waals surface area contributed by atoms with Crippen LogP contribution in [0.2, 0.25) is 0 Å². The molecule has 0 amide bonds. The van der Waals surface area contributed by atoms with E-state index in [0.29, 0.717) is 5.95 Å². The van der Waals surface area contributed by atoms with Crippen molar-refractivity contribution in [3.8, 4) is 0 Å². The summed E-state index contributed by atoms with van der Waals surface area (Å²) in [5, 5.41) is 3.91. The molecular weight excluding hydrogens is 308 g/mol. The molecule has 3 heterocycles. The van der Waals surface area contributed by atoms with Gasteiger partial charge in [0.15, 0.2) is 4.34 Å². The summed E-state index contributed by atoms with van der Waals surface area (Å²) in [5.41, 5.74) is 6.78. The van der Waals surface area contributed by atoms with E-state index in [4.69, 9.17) is 5.73 Å². The van der Waals surface area contributed by atoms with Gasteiger partial charge in [0.05, 0.1) is 10.2 Å². The van der Waals surface area contributed by atoms with Crippen molar-refractivity contribution >= 4 is 60.8 Å². The van der Waals surface area contributed by atoms with Crippen LogP contribution in [0, 0.1) is 0 Å². The Bertz CT molecular complexity index is 879. The fourth-order valence-corrected chi connectivity index (χ4v) is 4.83. The zero-order valence-electron chi connectivity index (χ0n) is 10.1. The first-order chi connectivity index (χ1) is 9.79. The van der Waals surface area contributed by atoms with E-state index in [-0.39, 0.29) is 0 Å². The standard InChI is InChI=1S/C13H8N4S3/c14-12-16-10-7(5-6-18-10)11(17-12)20-13-15-8-3-1-2-4-9(8)19-13/h1-6H,(H2,14,16,17). The third-order valence-corrected chi connectivity index (χ3v) is 5.67. The molecule has 0 aliphatic rings. The molecule has 0 saturated heterocycles. The van der Waals surface area contributed by atoms with Crippen molar-refractivity contribution in [2.75, 3.05) is 5.73 Å². The van der Waals surface area contributed by atoms with E-state index in [2.05, 4.69) is 21.0 Å². The Morgan fingerprint density at radius 2 is 1.95 bits per heavy atom. The van der Waals surface area contributed by atoms with Gasteiger partial charge >= 0.3 is 0 Å². The summed E-state index contributed by atoms with van der Waals surface area (Å²) in [6, 6.07) is 10.1. The minimum atomic E-state index is 0.309. The van der Waals surface area contributed by atoms with Gasteiger partial charge in [-0.3, -0.25) is 0 Å². The molecule has 0 aliphatic heterocycles. The van der Waals surface area contributed by atoms with Crippen molar-refractivity contribution in [2.24, 2.45) is 0 Å². The number of nitrogens with two attached hydrogens (primary N) is 1. The molecule has 0 radical (unpaired) electrons. The zero-order chi connectivity index (χ0) is 13.5. The van der Waals surface area contributed by atoms with E-state index < -0.39 is 0 Å². The van der Waals surface area contributed by atoms with Crippen LogP contribution >= 0.6 is 34.4 Å². The van der Waals surface area contributed by atoms with Crippen LogP contribution in [0.25, 0.3) is 20.4 Å². The number of hydrogen-bond acceptors (Lipinski definition) is 7. The number of thiazole rings is 1. The van der Waals surface area contributed by atoms with E-state index >= 15 is 0 Å². The molecular formula is C13H8N4S3. The predicted molar refractivity (Wildman–Crippen MR) is 85.6 cm³/mol. The highest BCUT2D eigenvalue weighted by Crippen LogP contribution is 2.37. The van der Waals surface area contributed by atoms with Crippen molar-refractivity contribution in [1.29, 1.82) is 0 Å². The SMILES string of the molecule is Nc1nc(Sc2nc3ccccc3s2)c2ccsc2n1. The number of nitrogens with zero attached hydrogens (tertiary/aromatic N) is 3. The molecule has 4 nitrogen and oxygen atoms in total. The van der Waals surface area contributed by atoms with Gasteiger partial charge in [-0.1, -0.05) is 12.1 Å². The second-order valence-corrected chi connectivity index (χ2v) is 7.24. The quantitative estimate of drug-likeness (QED) is 0.566. The highest BCUT2D eigenvalue weighted by atomic mass is 32.2. The lowest BCUT2D eigenvalue weighted by Gasteiger charge is -2.00. The van der Waals surface area contributed by atoms with E-state index in [0.717, 1.165) is 25.1 Å². The van der Waals surface area contributed by atoms with Gasteiger partial charge in [-0.25, -0.2) is 15.0 Å². The first kappa shape index (κ1) is 12.1. The van der Waals surface area contributed by atoms with Gasteiger partial charge in [0, 0.05) is 5.39 Å². The Kier molecular flexibility index (Phi) is 2.83. The molecule has 0 bridgehead atoms. The molecule has 4 rings (SSSR count). The average Bonchev–Trinajstić information content (AvgIpc) is 3.03. The molecule has 7 heteroatoms. The predicted octanol–water partition coefficient (Wildman–Crippen LogP) is 4.03. The van der Waals surface area contributed by atoms with Crippen LogP contribution < -0.4 is 5.73 Å². The average molecular weight is 316 g/mol. The fourth-order valence-electron chi connectivity index (χ4n) is 1.90. The van der Waals surface area contributed by atoms with Crippen LogP contribution in [0.3, 0.4) is 0 Å². The summed E-state index contributed by atoms with van der Waals surface area (Å²) < 4.78 is 2.15. The largest absolute Gasteiger partial charge is 0.368 e. The van der Waals surface area contributed by atoms with Gasteiger partial charge in [0.25, 0.3) is 0 Å². The number of fused-ring (bicyclic) bond motifs is 2. The molecule has 0 saturated carbocycles. The molecule has 1 aromatic carbocycles. The highest BCUT2D eigenvalue weighted by Gasteiger charge is 2.12. The van der Waals surface area contributed by atoms with Crippen molar-refractivity contribution < 1.29 is 0 Å². The molecule has 3 aromatic heterocycles. The number of hydrogen-bond donors (Lipinski definition) is 1. The summed E-state index contributed by atoms with van der Waals surface area (Å²) in [5.74, 6) is 0.309. The molecule has 0 fully saturated rings. The number of rotatable bonds is 2. The zero-order valence-corrected chi connectivity index (χ0v) is 12.6. The Labute approximate surface area is 126 Å². The second-order valence-electron chi connectivity index (χ2n) is 4.08. The highest BCUT2D eigenvalue weighted by molar-refractivity contribution is 8.01. The van der Waals surface area contributed by atoms with Gasteiger partial charge in [-0.15, -0.1) is 22.7 Å². The smallest absolute Gasteiger partial charge is 0.222 e. The lowest BCUT2D eigenvalue weighted by Crippen LogP contribution is -1.95.